The van der Waals surface area contributed by atoms with E-state index in [2.05, 4.69) is 15.1 Å². The number of nitrogens with one attached hydrogen (secondary N) is 1. The normalized spacial score (nSPS) is 11.0. The highest BCUT2D eigenvalue weighted by molar-refractivity contribution is 5.95. The number of rotatable bonds is 4. The number of hydrogen-bond donors (Lipinski definition) is 3. The van der Waals surface area contributed by atoms with Crippen LogP contribution in [0.4, 0.5) is 0 Å². The highest BCUT2D eigenvalue weighted by Gasteiger charge is 2.07. The van der Waals surface area contributed by atoms with Gasteiger partial charge in [-0.25, -0.2) is 5.43 Å². The molecule has 0 aliphatic carbocycles. The Morgan fingerprint density at radius 2 is 1.65 bits per heavy atom. The van der Waals surface area contributed by atoms with Gasteiger partial charge in [-0.15, -0.1) is 0 Å². The number of nitrogens with zero attached hydrogens (tertiary/aromatic N) is 2. The molecular weight excluding hydrogens is 330 g/mol. The van der Waals surface area contributed by atoms with Crippen molar-refractivity contribution in [1.82, 2.24) is 9.99 Å². The second kappa shape index (κ2) is 7.14. The van der Waals surface area contributed by atoms with Crippen LogP contribution in [0.2, 0.25) is 0 Å². The minimum absolute atomic E-state index is 0.0445. The summed E-state index contributed by atoms with van der Waals surface area (Å²) in [4.78, 5) is 12.2. The predicted octanol–water partition coefficient (Wildman–Crippen LogP) is 3.27. The van der Waals surface area contributed by atoms with Gasteiger partial charge in [-0.3, -0.25) is 4.79 Å². The first-order chi connectivity index (χ1) is 12.5. The minimum Gasteiger partial charge on any atom is -0.508 e. The van der Waals surface area contributed by atoms with Crippen molar-refractivity contribution < 1.29 is 15.0 Å². The van der Waals surface area contributed by atoms with Gasteiger partial charge in [0.2, 0.25) is 0 Å². The molecule has 1 aromatic heterocycles. The largest absolute Gasteiger partial charge is 0.508 e. The lowest BCUT2D eigenvalue weighted by Crippen LogP contribution is -2.17. The zero-order valence-electron chi connectivity index (χ0n) is 14.5. The Morgan fingerprint density at radius 3 is 2.27 bits per heavy atom. The average Bonchev–Trinajstić information content (AvgIpc) is 2.95. The molecule has 0 aliphatic heterocycles. The van der Waals surface area contributed by atoms with E-state index in [0.717, 1.165) is 17.1 Å². The Labute approximate surface area is 151 Å². The molecule has 26 heavy (non-hydrogen) atoms. The molecule has 0 spiro atoms. The summed E-state index contributed by atoms with van der Waals surface area (Å²) in [6.45, 7) is 4.06. The van der Waals surface area contributed by atoms with Crippen molar-refractivity contribution in [2.75, 3.05) is 0 Å². The van der Waals surface area contributed by atoms with Crippen molar-refractivity contribution in [3.63, 3.8) is 0 Å². The second-order valence-electron chi connectivity index (χ2n) is 5.94. The first-order valence-electron chi connectivity index (χ1n) is 8.06. The molecule has 6 nitrogen and oxygen atoms in total. The summed E-state index contributed by atoms with van der Waals surface area (Å²) in [5.41, 5.74) is 6.51. The highest BCUT2D eigenvalue weighted by Crippen LogP contribution is 2.21. The molecule has 0 radical (unpaired) electrons. The number of carbonyl (C=O) groups excluding carboxylic acids is 1. The number of aryl methyl sites for hydroxylation is 2. The number of phenolic OH excluding ortho intramolecular Hbond substituents is 2. The van der Waals surface area contributed by atoms with E-state index in [-0.39, 0.29) is 17.4 Å². The zero-order chi connectivity index (χ0) is 18.7. The van der Waals surface area contributed by atoms with Gasteiger partial charge >= 0.3 is 0 Å². The SMILES string of the molecule is Cc1ccc(C)n1-c1ccc(C(=O)NN=Cc2ccc(O)cc2O)cc1. The topological polar surface area (TPSA) is 86.9 Å². The quantitative estimate of drug-likeness (QED) is 0.499. The van der Waals surface area contributed by atoms with Crippen molar-refractivity contribution in [3.05, 3.63) is 77.1 Å². The second-order valence-corrected chi connectivity index (χ2v) is 5.94. The number of carbonyl (C=O) groups is 1. The standard InChI is InChI=1S/C20H19N3O3/c1-13-3-4-14(2)23(13)17-8-5-15(6-9-17)20(26)22-21-12-16-7-10-18(24)11-19(16)25/h3-12,24-25H,1-2H3,(H,22,26). The third kappa shape index (κ3) is 3.59. The van der Waals surface area contributed by atoms with Gasteiger partial charge < -0.3 is 14.8 Å². The summed E-state index contributed by atoms with van der Waals surface area (Å²) in [5, 5.41) is 22.8. The van der Waals surface area contributed by atoms with Crippen LogP contribution in [-0.2, 0) is 0 Å². The summed E-state index contributed by atoms with van der Waals surface area (Å²) in [6.07, 6.45) is 1.31. The molecule has 1 heterocycles. The number of hydrazone groups is 1. The van der Waals surface area contributed by atoms with Crippen molar-refractivity contribution in [3.8, 4) is 17.2 Å². The van der Waals surface area contributed by atoms with Crippen molar-refractivity contribution in [2.24, 2.45) is 5.10 Å². The van der Waals surface area contributed by atoms with Crippen LogP contribution in [0.25, 0.3) is 5.69 Å². The Bertz CT molecular complexity index is 953. The van der Waals surface area contributed by atoms with Crippen LogP contribution in [-0.4, -0.2) is 26.9 Å². The lowest BCUT2D eigenvalue weighted by atomic mass is 10.2. The number of aromatic nitrogens is 1. The molecule has 6 heteroatoms. The number of amides is 1. The summed E-state index contributed by atoms with van der Waals surface area (Å²) >= 11 is 0. The van der Waals surface area contributed by atoms with Gasteiger partial charge in [0.05, 0.1) is 6.21 Å². The molecule has 3 aromatic rings. The van der Waals surface area contributed by atoms with Crippen LogP contribution >= 0.6 is 0 Å². The van der Waals surface area contributed by atoms with Gasteiger partial charge in [-0.05, 0) is 62.4 Å². The van der Waals surface area contributed by atoms with E-state index in [9.17, 15) is 15.0 Å². The molecule has 0 saturated heterocycles. The molecule has 0 bridgehead atoms. The lowest BCUT2D eigenvalue weighted by Gasteiger charge is -2.10. The van der Waals surface area contributed by atoms with Crippen LogP contribution in [0, 0.1) is 13.8 Å². The molecule has 0 aliphatic rings. The molecule has 132 valence electrons. The van der Waals surface area contributed by atoms with Crippen molar-refractivity contribution in [1.29, 1.82) is 0 Å². The number of benzene rings is 2. The van der Waals surface area contributed by atoms with Crippen LogP contribution < -0.4 is 5.43 Å². The number of aromatic hydroxyl groups is 2. The first kappa shape index (κ1) is 17.3. The van der Waals surface area contributed by atoms with E-state index >= 15 is 0 Å². The maximum atomic E-state index is 12.2. The van der Waals surface area contributed by atoms with Crippen LogP contribution in [0.15, 0.2) is 59.7 Å². The maximum Gasteiger partial charge on any atom is 0.271 e. The smallest absolute Gasteiger partial charge is 0.271 e. The molecule has 3 rings (SSSR count). The van der Waals surface area contributed by atoms with Crippen LogP contribution in [0.3, 0.4) is 0 Å². The molecule has 0 atom stereocenters. The summed E-state index contributed by atoms with van der Waals surface area (Å²) in [7, 11) is 0. The van der Waals surface area contributed by atoms with E-state index in [1.165, 1.54) is 24.4 Å². The monoisotopic (exact) mass is 349 g/mol. The van der Waals surface area contributed by atoms with Gasteiger partial charge in [0, 0.05) is 34.3 Å². The number of phenols is 2. The molecule has 1 amide bonds. The summed E-state index contributed by atoms with van der Waals surface area (Å²) < 4.78 is 2.10. The van der Waals surface area contributed by atoms with Crippen molar-refractivity contribution >= 4 is 12.1 Å². The van der Waals surface area contributed by atoms with E-state index in [0.29, 0.717) is 11.1 Å². The Morgan fingerprint density at radius 1 is 1.00 bits per heavy atom. The van der Waals surface area contributed by atoms with E-state index in [1.807, 2.05) is 38.1 Å². The Balaban J connectivity index is 1.69. The molecule has 0 fully saturated rings. The molecule has 0 unspecified atom stereocenters. The molecule has 0 saturated carbocycles. The first-order valence-corrected chi connectivity index (χ1v) is 8.06. The fourth-order valence-corrected chi connectivity index (χ4v) is 2.70. The third-order valence-corrected chi connectivity index (χ3v) is 4.04. The predicted molar refractivity (Wildman–Crippen MR) is 100 cm³/mol. The van der Waals surface area contributed by atoms with Gasteiger partial charge in [0.15, 0.2) is 0 Å². The minimum atomic E-state index is -0.355. The van der Waals surface area contributed by atoms with Crippen LogP contribution in [0.5, 0.6) is 11.5 Å². The van der Waals surface area contributed by atoms with Gasteiger partial charge in [0.25, 0.3) is 5.91 Å². The van der Waals surface area contributed by atoms with Gasteiger partial charge in [0.1, 0.15) is 11.5 Å². The van der Waals surface area contributed by atoms with Crippen molar-refractivity contribution in [2.45, 2.75) is 13.8 Å². The Hall–Kier alpha value is -3.54. The Kier molecular flexibility index (Phi) is 4.75. The summed E-state index contributed by atoms with van der Waals surface area (Å²) in [6, 6.07) is 15.4. The fraction of sp³-hybridized carbons (Fsp3) is 0.100. The van der Waals surface area contributed by atoms with E-state index < -0.39 is 0 Å². The fourth-order valence-electron chi connectivity index (χ4n) is 2.70. The lowest BCUT2D eigenvalue weighted by molar-refractivity contribution is 0.0955. The highest BCUT2D eigenvalue weighted by atomic mass is 16.3. The molecular formula is C20H19N3O3. The van der Waals surface area contributed by atoms with E-state index in [4.69, 9.17) is 0 Å². The molecule has 3 N–H and O–H groups in total. The molecule has 2 aromatic carbocycles. The zero-order valence-corrected chi connectivity index (χ0v) is 14.5. The van der Waals surface area contributed by atoms with E-state index in [1.54, 1.807) is 12.1 Å². The average molecular weight is 349 g/mol. The van der Waals surface area contributed by atoms with Crippen LogP contribution in [0.1, 0.15) is 27.3 Å². The summed E-state index contributed by atoms with van der Waals surface area (Å²) in [5.74, 6) is -0.520. The third-order valence-electron chi connectivity index (χ3n) is 4.04. The number of hydrogen-bond acceptors (Lipinski definition) is 4. The van der Waals surface area contributed by atoms with Gasteiger partial charge in [-0.1, -0.05) is 0 Å². The maximum absolute atomic E-state index is 12.2. The van der Waals surface area contributed by atoms with Gasteiger partial charge in [-0.2, -0.15) is 5.10 Å².